The molecule has 4 heteroatoms. The smallest absolute Gasteiger partial charge is 0.271 e. The van der Waals surface area contributed by atoms with Gasteiger partial charge in [0.15, 0.2) is 0 Å². The van der Waals surface area contributed by atoms with Gasteiger partial charge in [-0.3, -0.25) is 9.69 Å². The minimum atomic E-state index is -0.544. The number of carbonyl (C=O) groups is 1. The third-order valence-electron chi connectivity index (χ3n) is 4.82. The Morgan fingerprint density at radius 1 is 0.815 bits per heavy atom. The number of hydrogen-bond acceptors (Lipinski definition) is 3. The van der Waals surface area contributed by atoms with Gasteiger partial charge in [-0.05, 0) is 48.9 Å². The number of rotatable bonds is 5. The highest BCUT2D eigenvalue weighted by atomic mass is 16.5. The summed E-state index contributed by atoms with van der Waals surface area (Å²) in [6, 6.07) is 25.1. The zero-order valence-electron chi connectivity index (χ0n) is 15.3. The summed E-state index contributed by atoms with van der Waals surface area (Å²) in [7, 11) is 1.63. The van der Waals surface area contributed by atoms with Crippen molar-refractivity contribution in [3.8, 4) is 11.5 Å². The second kappa shape index (κ2) is 7.16. The largest absolute Gasteiger partial charge is 0.497 e. The fraction of sp³-hybridized carbons (Fsp3) is 0.174. The Morgan fingerprint density at radius 3 is 2.11 bits per heavy atom. The van der Waals surface area contributed by atoms with Crippen molar-refractivity contribution < 1.29 is 14.3 Å². The summed E-state index contributed by atoms with van der Waals surface area (Å²) in [5.74, 6) is 1.41. The van der Waals surface area contributed by atoms with E-state index in [2.05, 4.69) is 31.2 Å². The molecule has 0 aliphatic carbocycles. The van der Waals surface area contributed by atoms with Gasteiger partial charge < -0.3 is 9.47 Å². The predicted molar refractivity (Wildman–Crippen MR) is 105 cm³/mol. The van der Waals surface area contributed by atoms with Crippen LogP contribution in [0.25, 0.3) is 0 Å². The Hall–Kier alpha value is -3.27. The number of carbonyl (C=O) groups excluding carboxylic acids is 1. The topological polar surface area (TPSA) is 38.8 Å². The van der Waals surface area contributed by atoms with Gasteiger partial charge in [-0.15, -0.1) is 0 Å². The number of methoxy groups -OCH3 is 1. The molecule has 1 aliphatic heterocycles. The molecule has 1 fully saturated rings. The second-order valence-corrected chi connectivity index (χ2v) is 6.61. The molecule has 0 aromatic heterocycles. The van der Waals surface area contributed by atoms with Gasteiger partial charge in [0.05, 0.1) is 7.11 Å². The van der Waals surface area contributed by atoms with Crippen LogP contribution in [0.1, 0.15) is 17.2 Å². The van der Waals surface area contributed by atoms with Gasteiger partial charge >= 0.3 is 0 Å². The van der Waals surface area contributed by atoms with Gasteiger partial charge in [0.2, 0.25) is 6.10 Å². The van der Waals surface area contributed by atoms with Gasteiger partial charge in [0.1, 0.15) is 17.5 Å². The predicted octanol–water partition coefficient (Wildman–Crippen LogP) is 4.54. The molecule has 4 rings (SSSR count). The Bertz CT molecular complexity index is 920. The third-order valence-corrected chi connectivity index (χ3v) is 4.82. The number of amides is 1. The van der Waals surface area contributed by atoms with Crippen molar-refractivity contribution in [3.05, 3.63) is 90.0 Å². The number of hydrogen-bond donors (Lipinski definition) is 0. The third kappa shape index (κ3) is 3.26. The highest BCUT2D eigenvalue weighted by Crippen LogP contribution is 2.41. The first-order valence-electron chi connectivity index (χ1n) is 8.93. The summed E-state index contributed by atoms with van der Waals surface area (Å²) in [6.45, 7) is 2.05. The van der Waals surface area contributed by atoms with Crippen LogP contribution in [0, 0.1) is 6.92 Å². The minimum Gasteiger partial charge on any atom is -0.497 e. The van der Waals surface area contributed by atoms with Crippen LogP contribution < -0.4 is 14.4 Å². The van der Waals surface area contributed by atoms with E-state index in [1.54, 1.807) is 12.0 Å². The van der Waals surface area contributed by atoms with Gasteiger partial charge in [-0.25, -0.2) is 0 Å². The molecule has 3 aromatic rings. The Balaban J connectivity index is 1.67. The Morgan fingerprint density at radius 2 is 1.48 bits per heavy atom. The lowest BCUT2D eigenvalue weighted by molar-refractivity contribution is -0.135. The number of ether oxygens (including phenoxy) is 2. The van der Waals surface area contributed by atoms with Crippen molar-refractivity contribution in [3.63, 3.8) is 0 Å². The maximum Gasteiger partial charge on any atom is 0.271 e. The molecule has 3 aromatic carbocycles. The maximum atomic E-state index is 12.9. The Kier molecular flexibility index (Phi) is 4.55. The number of nitrogens with zero attached hydrogens (tertiary/aromatic N) is 1. The first-order chi connectivity index (χ1) is 13.2. The van der Waals surface area contributed by atoms with E-state index in [0.717, 1.165) is 17.0 Å². The van der Waals surface area contributed by atoms with E-state index in [-0.39, 0.29) is 11.9 Å². The van der Waals surface area contributed by atoms with Crippen LogP contribution in [-0.4, -0.2) is 19.1 Å². The molecule has 136 valence electrons. The van der Waals surface area contributed by atoms with E-state index in [1.807, 2.05) is 54.6 Å². The van der Waals surface area contributed by atoms with Gasteiger partial charge in [-0.1, -0.05) is 48.0 Å². The van der Waals surface area contributed by atoms with Crippen LogP contribution >= 0.6 is 0 Å². The van der Waals surface area contributed by atoms with E-state index in [0.29, 0.717) is 5.75 Å². The lowest BCUT2D eigenvalue weighted by Gasteiger charge is -2.46. The summed E-state index contributed by atoms with van der Waals surface area (Å²) >= 11 is 0. The van der Waals surface area contributed by atoms with Crippen LogP contribution in [0.15, 0.2) is 78.9 Å². The molecule has 0 spiro atoms. The van der Waals surface area contributed by atoms with Gasteiger partial charge in [-0.2, -0.15) is 0 Å². The van der Waals surface area contributed by atoms with Crippen molar-refractivity contribution >= 4 is 11.6 Å². The second-order valence-electron chi connectivity index (χ2n) is 6.61. The molecule has 0 bridgehead atoms. The number of para-hydroxylation sites is 1. The fourth-order valence-electron chi connectivity index (χ4n) is 3.34. The first-order valence-corrected chi connectivity index (χ1v) is 8.93. The number of anilines is 1. The lowest BCUT2D eigenvalue weighted by atomic mass is 9.89. The average Bonchev–Trinajstić information content (AvgIpc) is 2.72. The zero-order valence-corrected chi connectivity index (χ0v) is 15.3. The Labute approximate surface area is 159 Å². The van der Waals surface area contributed by atoms with Crippen molar-refractivity contribution in [2.24, 2.45) is 0 Å². The molecule has 2 unspecified atom stereocenters. The molecule has 1 aliphatic rings. The molecule has 1 heterocycles. The van der Waals surface area contributed by atoms with Gasteiger partial charge in [0, 0.05) is 5.69 Å². The van der Waals surface area contributed by atoms with E-state index in [4.69, 9.17) is 9.47 Å². The molecular formula is C23H21NO3. The zero-order chi connectivity index (χ0) is 18.8. The summed E-state index contributed by atoms with van der Waals surface area (Å²) in [5.41, 5.74) is 3.07. The quantitative estimate of drug-likeness (QED) is 0.628. The van der Waals surface area contributed by atoms with Crippen LogP contribution in [0.5, 0.6) is 11.5 Å². The standard InChI is InChI=1S/C23H21NO3/c1-16-8-10-17(11-9-16)21-22(27-20-6-4-3-5-7-20)23(25)24(21)18-12-14-19(26-2)15-13-18/h3-15,21-22H,1-2H3. The van der Waals surface area contributed by atoms with Crippen LogP contribution in [0.3, 0.4) is 0 Å². The molecule has 1 amide bonds. The molecule has 4 nitrogen and oxygen atoms in total. The molecule has 27 heavy (non-hydrogen) atoms. The normalized spacial score (nSPS) is 18.7. The fourth-order valence-corrected chi connectivity index (χ4v) is 3.34. The average molecular weight is 359 g/mol. The SMILES string of the molecule is COc1ccc(N2C(=O)C(Oc3ccccc3)C2c2ccc(C)cc2)cc1. The number of aryl methyl sites for hydroxylation is 1. The van der Waals surface area contributed by atoms with E-state index in [1.165, 1.54) is 5.56 Å². The van der Waals surface area contributed by atoms with Crippen molar-refractivity contribution in [1.29, 1.82) is 0 Å². The van der Waals surface area contributed by atoms with Crippen LogP contribution in [-0.2, 0) is 4.79 Å². The lowest BCUT2D eigenvalue weighted by Crippen LogP contribution is -2.61. The van der Waals surface area contributed by atoms with E-state index in [9.17, 15) is 4.79 Å². The molecular weight excluding hydrogens is 338 g/mol. The van der Waals surface area contributed by atoms with Crippen molar-refractivity contribution in [2.45, 2.75) is 19.1 Å². The maximum absolute atomic E-state index is 12.9. The summed E-state index contributed by atoms with van der Waals surface area (Å²) in [5, 5.41) is 0. The molecule has 1 saturated heterocycles. The number of benzene rings is 3. The van der Waals surface area contributed by atoms with Crippen molar-refractivity contribution in [2.75, 3.05) is 12.0 Å². The summed E-state index contributed by atoms with van der Waals surface area (Å²) in [6.07, 6.45) is -0.544. The van der Waals surface area contributed by atoms with E-state index < -0.39 is 6.10 Å². The van der Waals surface area contributed by atoms with Crippen LogP contribution in [0.4, 0.5) is 5.69 Å². The highest BCUT2D eigenvalue weighted by molar-refractivity contribution is 6.05. The molecule has 0 radical (unpaired) electrons. The summed E-state index contributed by atoms with van der Waals surface area (Å²) < 4.78 is 11.3. The molecule has 0 saturated carbocycles. The minimum absolute atomic E-state index is 0.0467. The monoisotopic (exact) mass is 359 g/mol. The highest BCUT2D eigenvalue weighted by Gasteiger charge is 2.51. The first kappa shape index (κ1) is 17.2. The summed E-state index contributed by atoms with van der Waals surface area (Å²) in [4.78, 5) is 14.7. The number of β-lactam (4-membered cyclic amide) rings is 1. The molecule has 0 N–H and O–H groups in total. The van der Waals surface area contributed by atoms with E-state index >= 15 is 0 Å². The molecule has 2 atom stereocenters. The van der Waals surface area contributed by atoms with Crippen molar-refractivity contribution in [1.82, 2.24) is 0 Å². The van der Waals surface area contributed by atoms with Gasteiger partial charge in [0.25, 0.3) is 5.91 Å². The van der Waals surface area contributed by atoms with Crippen LogP contribution in [0.2, 0.25) is 0 Å².